The molecular weight excluding hydrogens is 332 g/mol. The zero-order chi connectivity index (χ0) is 17.6. The van der Waals surface area contributed by atoms with Crippen LogP contribution in [0.25, 0.3) is 0 Å². The number of nitrogens with zero attached hydrogens (tertiary/aromatic N) is 1. The molecule has 1 atom stereocenters. The summed E-state index contributed by atoms with van der Waals surface area (Å²) in [5.74, 6) is 0.321. The Bertz CT molecular complexity index is 656. The van der Waals surface area contributed by atoms with Gasteiger partial charge in [0.05, 0.1) is 26.0 Å². The molecule has 1 aromatic rings. The number of sulfonamides is 1. The molecule has 7 nitrogen and oxygen atoms in total. The first-order valence-corrected chi connectivity index (χ1v) is 9.70. The second kappa shape index (κ2) is 8.46. The van der Waals surface area contributed by atoms with Crippen molar-refractivity contribution in [1.29, 1.82) is 0 Å². The van der Waals surface area contributed by atoms with Crippen LogP contribution in [-0.2, 0) is 26.1 Å². The van der Waals surface area contributed by atoms with Gasteiger partial charge in [0.1, 0.15) is 5.75 Å². The molecule has 1 aliphatic rings. The van der Waals surface area contributed by atoms with E-state index in [2.05, 4.69) is 5.32 Å². The van der Waals surface area contributed by atoms with Gasteiger partial charge in [-0.2, -0.15) is 4.31 Å². The summed E-state index contributed by atoms with van der Waals surface area (Å²) in [5, 5.41) is 2.74. The van der Waals surface area contributed by atoms with Crippen LogP contribution < -0.4 is 10.1 Å². The summed E-state index contributed by atoms with van der Waals surface area (Å²) in [6, 6.07) is 7.35. The van der Waals surface area contributed by atoms with E-state index in [0.29, 0.717) is 12.4 Å². The molecule has 8 heteroatoms. The van der Waals surface area contributed by atoms with Crippen molar-refractivity contribution >= 4 is 15.9 Å². The van der Waals surface area contributed by atoms with Crippen molar-refractivity contribution in [2.24, 2.45) is 0 Å². The van der Waals surface area contributed by atoms with E-state index < -0.39 is 10.0 Å². The van der Waals surface area contributed by atoms with Crippen LogP contribution in [0.4, 0.5) is 0 Å². The molecule has 1 heterocycles. The molecule has 1 unspecified atom stereocenters. The lowest BCUT2D eigenvalue weighted by Gasteiger charge is -2.22. The fraction of sp³-hybridized carbons (Fsp3) is 0.562. The van der Waals surface area contributed by atoms with Gasteiger partial charge in [-0.05, 0) is 18.9 Å². The number of amides is 1. The van der Waals surface area contributed by atoms with E-state index in [-0.39, 0.29) is 31.6 Å². The Labute approximate surface area is 143 Å². The Morgan fingerprint density at radius 2 is 2.17 bits per heavy atom. The third kappa shape index (κ3) is 5.47. The van der Waals surface area contributed by atoms with Crippen molar-refractivity contribution < 1.29 is 22.7 Å². The van der Waals surface area contributed by atoms with Crippen molar-refractivity contribution in [3.05, 3.63) is 29.8 Å². The summed E-state index contributed by atoms with van der Waals surface area (Å²) in [6.45, 7) is 0.914. The first kappa shape index (κ1) is 18.7. The molecule has 0 spiro atoms. The van der Waals surface area contributed by atoms with Gasteiger partial charge in [-0.25, -0.2) is 8.42 Å². The highest BCUT2D eigenvalue weighted by Crippen LogP contribution is 2.17. The lowest BCUT2D eigenvalue weighted by Crippen LogP contribution is -2.43. The van der Waals surface area contributed by atoms with Gasteiger partial charge < -0.3 is 14.8 Å². The molecule has 1 N–H and O–H groups in total. The minimum atomic E-state index is -3.48. The van der Waals surface area contributed by atoms with Gasteiger partial charge in [-0.1, -0.05) is 18.2 Å². The number of nitrogens with one attached hydrogen (secondary N) is 1. The maximum Gasteiger partial charge on any atom is 0.235 e. The minimum absolute atomic E-state index is 0.137. The van der Waals surface area contributed by atoms with Gasteiger partial charge in [0.25, 0.3) is 0 Å². The fourth-order valence-corrected chi connectivity index (χ4v) is 3.38. The number of hydrogen-bond donors (Lipinski definition) is 1. The van der Waals surface area contributed by atoms with E-state index in [0.717, 1.165) is 24.7 Å². The first-order chi connectivity index (χ1) is 11.4. The molecule has 2 rings (SSSR count). The molecule has 0 bridgehead atoms. The van der Waals surface area contributed by atoms with Crippen molar-refractivity contribution in [2.45, 2.75) is 25.5 Å². The Morgan fingerprint density at radius 3 is 2.79 bits per heavy atom. The van der Waals surface area contributed by atoms with Crippen LogP contribution in [0, 0.1) is 0 Å². The number of para-hydroxylation sites is 1. The average molecular weight is 356 g/mol. The monoisotopic (exact) mass is 356 g/mol. The van der Waals surface area contributed by atoms with Crippen molar-refractivity contribution in [3.63, 3.8) is 0 Å². The van der Waals surface area contributed by atoms with Crippen molar-refractivity contribution in [2.75, 3.05) is 33.1 Å². The Morgan fingerprint density at radius 1 is 1.42 bits per heavy atom. The van der Waals surface area contributed by atoms with E-state index >= 15 is 0 Å². The first-order valence-electron chi connectivity index (χ1n) is 7.85. The van der Waals surface area contributed by atoms with Crippen LogP contribution in [-0.4, -0.2) is 57.8 Å². The summed E-state index contributed by atoms with van der Waals surface area (Å²) >= 11 is 0. The zero-order valence-electron chi connectivity index (χ0n) is 14.0. The van der Waals surface area contributed by atoms with E-state index in [1.54, 1.807) is 7.11 Å². The smallest absolute Gasteiger partial charge is 0.235 e. The van der Waals surface area contributed by atoms with Crippen LogP contribution in [0.15, 0.2) is 24.3 Å². The molecule has 1 amide bonds. The molecule has 0 aromatic heterocycles. The highest BCUT2D eigenvalue weighted by molar-refractivity contribution is 7.88. The van der Waals surface area contributed by atoms with E-state index in [1.165, 1.54) is 4.31 Å². The average Bonchev–Trinajstić information content (AvgIpc) is 3.05. The number of rotatable bonds is 8. The molecule has 134 valence electrons. The predicted octanol–water partition coefficient (Wildman–Crippen LogP) is 0.752. The molecule has 24 heavy (non-hydrogen) atoms. The lowest BCUT2D eigenvalue weighted by atomic mass is 10.2. The van der Waals surface area contributed by atoms with Gasteiger partial charge >= 0.3 is 0 Å². The molecule has 0 aliphatic carbocycles. The summed E-state index contributed by atoms with van der Waals surface area (Å²) in [7, 11) is -1.91. The van der Waals surface area contributed by atoms with Crippen LogP contribution in [0.1, 0.15) is 18.4 Å². The van der Waals surface area contributed by atoms with Crippen molar-refractivity contribution in [1.82, 2.24) is 9.62 Å². The zero-order valence-corrected chi connectivity index (χ0v) is 14.8. The fourth-order valence-electron chi connectivity index (χ4n) is 2.59. The Balaban J connectivity index is 1.92. The largest absolute Gasteiger partial charge is 0.496 e. The van der Waals surface area contributed by atoms with Crippen LogP contribution in [0.5, 0.6) is 5.75 Å². The van der Waals surface area contributed by atoms with E-state index in [4.69, 9.17) is 9.47 Å². The van der Waals surface area contributed by atoms with Gasteiger partial charge in [0.15, 0.2) is 0 Å². The van der Waals surface area contributed by atoms with Gasteiger partial charge in [0, 0.05) is 25.3 Å². The maximum atomic E-state index is 12.1. The molecule has 1 aliphatic heterocycles. The third-order valence-corrected chi connectivity index (χ3v) is 5.10. The molecule has 1 fully saturated rings. The Kier molecular flexibility index (Phi) is 6.59. The number of ether oxygens (including phenoxy) is 2. The molecule has 0 saturated carbocycles. The van der Waals surface area contributed by atoms with Crippen molar-refractivity contribution in [3.8, 4) is 5.75 Å². The van der Waals surface area contributed by atoms with Gasteiger partial charge in [-0.3, -0.25) is 4.79 Å². The topological polar surface area (TPSA) is 84.9 Å². The number of methoxy groups -OCH3 is 1. The third-order valence-electron chi connectivity index (χ3n) is 3.89. The molecule has 1 aromatic carbocycles. The summed E-state index contributed by atoms with van der Waals surface area (Å²) in [4.78, 5) is 12.1. The summed E-state index contributed by atoms with van der Waals surface area (Å²) in [5.41, 5.74) is 0.832. The molecular formula is C16H24N2O5S. The second-order valence-corrected chi connectivity index (χ2v) is 7.76. The van der Waals surface area contributed by atoms with Crippen LogP contribution in [0.3, 0.4) is 0 Å². The van der Waals surface area contributed by atoms with E-state index in [9.17, 15) is 13.2 Å². The highest BCUT2D eigenvalue weighted by Gasteiger charge is 2.26. The molecule has 0 radical (unpaired) electrons. The summed E-state index contributed by atoms with van der Waals surface area (Å²) in [6.07, 6.45) is 2.70. The SMILES string of the molecule is COc1ccccc1CNC(=O)CN(CC1CCCO1)S(C)(=O)=O. The number of carbonyl (C=O) groups excluding carboxylic acids is 1. The quantitative estimate of drug-likeness (QED) is 0.743. The van der Waals surface area contributed by atoms with Gasteiger partial charge in [-0.15, -0.1) is 0 Å². The van der Waals surface area contributed by atoms with Crippen LogP contribution >= 0.6 is 0 Å². The molecule has 1 saturated heterocycles. The highest BCUT2D eigenvalue weighted by atomic mass is 32.2. The van der Waals surface area contributed by atoms with Crippen LogP contribution in [0.2, 0.25) is 0 Å². The number of carbonyl (C=O) groups is 1. The number of hydrogen-bond acceptors (Lipinski definition) is 5. The predicted molar refractivity (Wildman–Crippen MR) is 90.2 cm³/mol. The standard InChI is InChI=1S/C16H24N2O5S/c1-22-15-8-4-3-6-13(15)10-17-16(19)12-18(24(2,20)21)11-14-7-5-9-23-14/h3-4,6,8,14H,5,7,9-12H2,1-2H3,(H,17,19). The van der Waals surface area contributed by atoms with E-state index in [1.807, 2.05) is 24.3 Å². The second-order valence-electron chi connectivity index (χ2n) is 5.78. The minimum Gasteiger partial charge on any atom is -0.496 e. The Hall–Kier alpha value is -1.64. The lowest BCUT2D eigenvalue weighted by molar-refractivity contribution is -0.121. The summed E-state index contributed by atoms with van der Waals surface area (Å²) < 4.78 is 35.7. The maximum absolute atomic E-state index is 12.1. The normalized spacial score (nSPS) is 17.9. The van der Waals surface area contributed by atoms with Gasteiger partial charge in [0.2, 0.25) is 15.9 Å². The number of benzene rings is 1.